The molecule has 2 atom stereocenters. The van der Waals surface area contributed by atoms with Crippen LogP contribution in [0.25, 0.3) is 0 Å². The predicted molar refractivity (Wildman–Crippen MR) is 70.8 cm³/mol. The summed E-state index contributed by atoms with van der Waals surface area (Å²) in [5.41, 5.74) is -0.550. The Bertz CT molecular complexity index is 338. The van der Waals surface area contributed by atoms with Crippen LogP contribution in [-0.4, -0.2) is 55.9 Å². The Hall–Kier alpha value is -1.30. The van der Waals surface area contributed by atoms with Crippen molar-refractivity contribution in [3.8, 4) is 0 Å². The number of likely N-dealkylation sites (N-methyl/N-ethyl adjacent to an activating group) is 1. The van der Waals surface area contributed by atoms with Crippen molar-refractivity contribution < 1.29 is 19.1 Å². The molecule has 1 aliphatic heterocycles. The summed E-state index contributed by atoms with van der Waals surface area (Å²) in [7, 11) is 3.32. The minimum atomic E-state index is -0.550. The Morgan fingerprint density at radius 1 is 1.32 bits per heavy atom. The van der Waals surface area contributed by atoms with Gasteiger partial charge in [-0.05, 0) is 40.8 Å². The van der Waals surface area contributed by atoms with Crippen molar-refractivity contribution in [3.05, 3.63) is 0 Å². The van der Waals surface area contributed by atoms with Crippen molar-refractivity contribution in [2.45, 2.75) is 38.8 Å². The van der Waals surface area contributed by atoms with Gasteiger partial charge in [0.2, 0.25) is 0 Å². The van der Waals surface area contributed by atoms with Gasteiger partial charge in [-0.2, -0.15) is 0 Å². The van der Waals surface area contributed by atoms with Crippen molar-refractivity contribution >= 4 is 12.1 Å². The molecule has 1 rings (SSSR count). The van der Waals surface area contributed by atoms with E-state index in [1.54, 1.807) is 20.8 Å². The number of nitrogens with one attached hydrogen (secondary N) is 1. The van der Waals surface area contributed by atoms with Gasteiger partial charge in [0.1, 0.15) is 5.60 Å². The third-order valence-corrected chi connectivity index (χ3v) is 3.02. The normalized spacial score (nSPS) is 24.7. The topological polar surface area (TPSA) is 67.9 Å². The van der Waals surface area contributed by atoms with Crippen LogP contribution in [0, 0.1) is 5.92 Å². The molecule has 6 nitrogen and oxygen atoms in total. The summed E-state index contributed by atoms with van der Waals surface area (Å²) in [6, 6.07) is -0.277. The molecule has 6 heteroatoms. The summed E-state index contributed by atoms with van der Waals surface area (Å²) in [4.78, 5) is 25.6. The van der Waals surface area contributed by atoms with E-state index >= 15 is 0 Å². The second kappa shape index (κ2) is 6.23. The van der Waals surface area contributed by atoms with Crippen molar-refractivity contribution in [3.63, 3.8) is 0 Å². The Morgan fingerprint density at radius 2 is 1.95 bits per heavy atom. The predicted octanol–water partition coefficient (Wildman–Crippen LogP) is 1.00. The van der Waals surface area contributed by atoms with Crippen molar-refractivity contribution in [1.82, 2.24) is 10.2 Å². The molecule has 1 saturated heterocycles. The van der Waals surface area contributed by atoms with E-state index in [9.17, 15) is 9.59 Å². The van der Waals surface area contributed by atoms with Crippen LogP contribution in [-0.2, 0) is 14.3 Å². The zero-order valence-electron chi connectivity index (χ0n) is 12.4. The number of esters is 1. The molecule has 0 aromatic carbocycles. The molecule has 0 aromatic heterocycles. The van der Waals surface area contributed by atoms with Gasteiger partial charge in [-0.3, -0.25) is 4.79 Å². The Labute approximate surface area is 114 Å². The van der Waals surface area contributed by atoms with Gasteiger partial charge < -0.3 is 19.7 Å². The number of piperidine rings is 1. The summed E-state index contributed by atoms with van der Waals surface area (Å²) in [6.07, 6.45) is 0.172. The van der Waals surface area contributed by atoms with Crippen LogP contribution in [0.5, 0.6) is 0 Å². The van der Waals surface area contributed by atoms with Gasteiger partial charge >= 0.3 is 12.1 Å². The summed E-state index contributed by atoms with van der Waals surface area (Å²) in [6.45, 7) is 6.83. The lowest BCUT2D eigenvalue weighted by Crippen LogP contribution is -2.54. The molecule has 1 aliphatic rings. The minimum Gasteiger partial charge on any atom is -0.469 e. The number of amides is 1. The van der Waals surface area contributed by atoms with Gasteiger partial charge in [0, 0.05) is 6.54 Å². The van der Waals surface area contributed by atoms with E-state index in [0.717, 1.165) is 6.54 Å². The number of carbonyl (C=O) groups excluding carboxylic acids is 2. The summed E-state index contributed by atoms with van der Waals surface area (Å²) in [5.74, 6) is -0.595. The van der Waals surface area contributed by atoms with Gasteiger partial charge in [0.15, 0.2) is 0 Å². The number of nitrogens with zero attached hydrogens (tertiary/aromatic N) is 1. The lowest BCUT2D eigenvalue weighted by molar-refractivity contribution is -0.148. The monoisotopic (exact) mass is 272 g/mol. The fourth-order valence-corrected chi connectivity index (χ4v) is 2.15. The molecule has 1 heterocycles. The Balaban J connectivity index is 2.65. The van der Waals surface area contributed by atoms with Gasteiger partial charge in [0.05, 0.1) is 19.1 Å². The van der Waals surface area contributed by atoms with Gasteiger partial charge in [-0.15, -0.1) is 0 Å². The molecule has 0 saturated carbocycles. The Morgan fingerprint density at radius 3 is 2.47 bits per heavy atom. The fraction of sp³-hybridized carbons (Fsp3) is 0.846. The van der Waals surface area contributed by atoms with Crippen LogP contribution in [0.3, 0.4) is 0 Å². The zero-order chi connectivity index (χ0) is 14.6. The molecule has 0 aliphatic carbocycles. The van der Waals surface area contributed by atoms with Crippen LogP contribution >= 0.6 is 0 Å². The smallest absolute Gasteiger partial charge is 0.407 e. The first-order valence-electron chi connectivity index (χ1n) is 6.49. The summed E-state index contributed by atoms with van der Waals surface area (Å²) < 4.78 is 10.0. The molecule has 0 bridgehead atoms. The molecule has 0 spiro atoms. The second-order valence-electron chi connectivity index (χ2n) is 5.93. The molecule has 1 N–H and O–H groups in total. The van der Waals surface area contributed by atoms with Crippen LogP contribution in [0.1, 0.15) is 27.2 Å². The largest absolute Gasteiger partial charge is 0.469 e. The van der Waals surface area contributed by atoms with E-state index in [1.165, 1.54) is 7.11 Å². The molecule has 1 fully saturated rings. The van der Waals surface area contributed by atoms with E-state index in [4.69, 9.17) is 9.47 Å². The van der Waals surface area contributed by atoms with E-state index in [1.807, 2.05) is 7.05 Å². The van der Waals surface area contributed by atoms with Crippen LogP contribution in [0.4, 0.5) is 4.79 Å². The zero-order valence-corrected chi connectivity index (χ0v) is 12.4. The van der Waals surface area contributed by atoms with E-state index in [0.29, 0.717) is 13.0 Å². The highest BCUT2D eigenvalue weighted by Gasteiger charge is 2.35. The Kier molecular flexibility index (Phi) is 5.17. The van der Waals surface area contributed by atoms with Crippen LogP contribution in [0.2, 0.25) is 0 Å². The maximum absolute atomic E-state index is 11.8. The number of carbonyl (C=O) groups is 2. The summed E-state index contributed by atoms with van der Waals surface area (Å²) >= 11 is 0. The summed E-state index contributed by atoms with van der Waals surface area (Å²) in [5, 5.41) is 2.77. The van der Waals surface area contributed by atoms with Crippen LogP contribution in [0.15, 0.2) is 0 Å². The molecule has 19 heavy (non-hydrogen) atoms. The number of ether oxygens (including phenoxy) is 2. The van der Waals surface area contributed by atoms with Gasteiger partial charge in [0.25, 0.3) is 0 Å². The molecular weight excluding hydrogens is 248 g/mol. The lowest BCUT2D eigenvalue weighted by Gasteiger charge is -2.35. The standard InChI is InChI=1S/C13H24N2O4/c1-13(2,3)19-12(17)14-10-8-15(4)7-6-9(10)11(16)18-5/h9-10H,6-8H2,1-5H3,(H,14,17). The number of hydrogen-bond acceptors (Lipinski definition) is 5. The maximum atomic E-state index is 11.8. The molecule has 1 amide bonds. The first kappa shape index (κ1) is 15.8. The van der Waals surface area contributed by atoms with E-state index < -0.39 is 11.7 Å². The highest BCUT2D eigenvalue weighted by atomic mass is 16.6. The van der Waals surface area contributed by atoms with E-state index in [-0.39, 0.29) is 17.9 Å². The molecule has 0 aromatic rings. The average Bonchev–Trinajstić information content (AvgIpc) is 2.25. The van der Waals surface area contributed by atoms with Crippen LogP contribution < -0.4 is 5.32 Å². The van der Waals surface area contributed by atoms with Gasteiger partial charge in [-0.1, -0.05) is 0 Å². The first-order chi connectivity index (χ1) is 8.73. The third-order valence-electron chi connectivity index (χ3n) is 3.02. The van der Waals surface area contributed by atoms with Crippen molar-refractivity contribution in [2.24, 2.45) is 5.92 Å². The fourth-order valence-electron chi connectivity index (χ4n) is 2.15. The number of hydrogen-bond donors (Lipinski definition) is 1. The number of likely N-dealkylation sites (tertiary alicyclic amines) is 1. The lowest BCUT2D eigenvalue weighted by atomic mass is 9.92. The van der Waals surface area contributed by atoms with Crippen molar-refractivity contribution in [2.75, 3.05) is 27.2 Å². The molecular formula is C13H24N2O4. The highest BCUT2D eigenvalue weighted by molar-refractivity contribution is 5.75. The van der Waals surface area contributed by atoms with Crippen molar-refractivity contribution in [1.29, 1.82) is 0 Å². The minimum absolute atomic E-state index is 0.277. The average molecular weight is 272 g/mol. The molecule has 110 valence electrons. The van der Waals surface area contributed by atoms with Gasteiger partial charge in [-0.25, -0.2) is 4.79 Å². The van der Waals surface area contributed by atoms with E-state index in [2.05, 4.69) is 10.2 Å². The number of alkyl carbamates (subject to hydrolysis) is 1. The maximum Gasteiger partial charge on any atom is 0.407 e. The highest BCUT2D eigenvalue weighted by Crippen LogP contribution is 2.19. The number of methoxy groups -OCH3 is 1. The third kappa shape index (κ3) is 5.06. The molecule has 2 unspecified atom stereocenters. The quantitative estimate of drug-likeness (QED) is 0.760. The first-order valence-corrected chi connectivity index (χ1v) is 6.49. The second-order valence-corrected chi connectivity index (χ2v) is 5.93. The molecule has 0 radical (unpaired) electrons. The number of rotatable bonds is 2. The SMILES string of the molecule is COC(=O)C1CCN(C)CC1NC(=O)OC(C)(C)C.